The highest BCUT2D eigenvalue weighted by Gasteiger charge is 2.38. The quantitative estimate of drug-likeness (QED) is 0.292. The molecule has 12 heteroatoms. The molecule has 3 aromatic rings. The Bertz CT molecular complexity index is 1360. The van der Waals surface area contributed by atoms with Gasteiger partial charge in [-0.15, -0.1) is 0 Å². The molecule has 3 heterocycles. The molecule has 0 bridgehead atoms. The van der Waals surface area contributed by atoms with Gasteiger partial charge in [-0.1, -0.05) is 13.8 Å². The van der Waals surface area contributed by atoms with E-state index in [1.54, 1.807) is 6.07 Å². The summed E-state index contributed by atoms with van der Waals surface area (Å²) in [7, 11) is 5.76. The fourth-order valence-electron chi connectivity index (χ4n) is 4.53. The van der Waals surface area contributed by atoms with Gasteiger partial charge in [0.2, 0.25) is 11.9 Å². The highest BCUT2D eigenvalue weighted by Crippen LogP contribution is 2.43. The van der Waals surface area contributed by atoms with Crippen LogP contribution in [0.25, 0.3) is 0 Å². The number of nitrogens with zero attached hydrogens (tertiary/aromatic N) is 8. The maximum Gasteiger partial charge on any atom is 0.294 e. The molecule has 1 N–H and O–H groups in total. The molecule has 0 unspecified atom stereocenters. The van der Waals surface area contributed by atoms with E-state index in [-0.39, 0.29) is 28.1 Å². The van der Waals surface area contributed by atoms with Gasteiger partial charge in [0.05, 0.1) is 28.1 Å². The molecule has 0 fully saturated rings. The van der Waals surface area contributed by atoms with Gasteiger partial charge in [0.1, 0.15) is 17.8 Å². The van der Waals surface area contributed by atoms with Crippen LogP contribution in [0, 0.1) is 17.0 Å². The van der Waals surface area contributed by atoms with E-state index >= 15 is 0 Å². The van der Waals surface area contributed by atoms with Crippen LogP contribution in [0.5, 0.6) is 5.75 Å². The summed E-state index contributed by atoms with van der Waals surface area (Å²) in [6.07, 6.45) is 1.28. The number of anilines is 5. The molecule has 208 valence electrons. The van der Waals surface area contributed by atoms with Gasteiger partial charge >= 0.3 is 0 Å². The zero-order valence-electron chi connectivity index (χ0n) is 23.9. The summed E-state index contributed by atoms with van der Waals surface area (Å²) in [6.45, 7) is 12.1. The molecule has 0 amide bonds. The number of rotatable bonds is 10. The number of hydrogen-bond donors (Lipinski definition) is 1. The van der Waals surface area contributed by atoms with Gasteiger partial charge in [0.25, 0.3) is 5.69 Å². The summed E-state index contributed by atoms with van der Waals surface area (Å²) in [5.74, 6) is 1.19. The van der Waals surface area contributed by atoms with Crippen LogP contribution in [-0.2, 0) is 5.41 Å². The fraction of sp³-hybridized carbons (Fsp3) is 0.481. The highest BCUT2D eigenvalue weighted by molar-refractivity contribution is 5.77. The van der Waals surface area contributed by atoms with Crippen molar-refractivity contribution in [2.45, 2.75) is 46.1 Å². The Morgan fingerprint density at radius 1 is 1.15 bits per heavy atom. The Morgan fingerprint density at radius 2 is 1.90 bits per heavy atom. The van der Waals surface area contributed by atoms with E-state index in [1.165, 1.54) is 12.4 Å². The second-order valence-electron chi connectivity index (χ2n) is 11.0. The molecule has 0 saturated carbocycles. The van der Waals surface area contributed by atoms with Gasteiger partial charge in [0.15, 0.2) is 0 Å². The van der Waals surface area contributed by atoms with E-state index in [9.17, 15) is 10.1 Å². The van der Waals surface area contributed by atoms with E-state index in [0.717, 1.165) is 23.6 Å². The number of hydrogen-bond acceptors (Lipinski definition) is 11. The highest BCUT2D eigenvalue weighted by atomic mass is 16.6. The number of benzene rings is 1. The molecule has 0 spiro atoms. The SMILES string of the molecule is Cc1ccc2c(n1)C(C)(C)CN2c1ncnc(Nc2cc([N+](=O)[O-])c(N(C)CCN(C)C)cc2OC(C)C)n1. The molecule has 4 rings (SSSR count). The number of aromatic nitrogens is 4. The number of nitro groups is 1. The molecule has 39 heavy (non-hydrogen) atoms. The third-order valence-electron chi connectivity index (χ3n) is 6.48. The molecule has 1 aromatic carbocycles. The van der Waals surface area contributed by atoms with Gasteiger partial charge in [-0.2, -0.15) is 4.98 Å². The van der Waals surface area contributed by atoms with Crippen LogP contribution in [0.1, 0.15) is 39.1 Å². The Labute approximate surface area is 229 Å². The van der Waals surface area contributed by atoms with Crippen molar-refractivity contribution in [2.75, 3.05) is 55.9 Å². The van der Waals surface area contributed by atoms with Gasteiger partial charge in [-0.05, 0) is 47.0 Å². The first-order chi connectivity index (χ1) is 18.4. The average molecular weight is 536 g/mol. The summed E-state index contributed by atoms with van der Waals surface area (Å²) >= 11 is 0. The molecule has 12 nitrogen and oxygen atoms in total. The minimum absolute atomic E-state index is 0.0409. The number of aryl methyl sites for hydroxylation is 1. The molecule has 1 aliphatic heterocycles. The Balaban J connectivity index is 1.70. The van der Waals surface area contributed by atoms with Crippen LogP contribution >= 0.6 is 0 Å². The molecule has 0 aliphatic carbocycles. The van der Waals surface area contributed by atoms with Crippen LogP contribution in [0.3, 0.4) is 0 Å². The summed E-state index contributed by atoms with van der Waals surface area (Å²) in [5.41, 5.74) is 3.55. The van der Waals surface area contributed by atoms with Crippen molar-refractivity contribution >= 4 is 34.6 Å². The average Bonchev–Trinajstić information content (AvgIpc) is 3.13. The second kappa shape index (κ2) is 11.0. The van der Waals surface area contributed by atoms with Gasteiger partial charge in [0, 0.05) is 49.9 Å². The lowest BCUT2D eigenvalue weighted by atomic mass is 9.91. The lowest BCUT2D eigenvalue weighted by molar-refractivity contribution is -0.384. The number of nitro benzene ring substituents is 1. The van der Waals surface area contributed by atoms with Crippen LogP contribution in [-0.4, -0.2) is 76.6 Å². The molecule has 2 aromatic heterocycles. The number of fused-ring (bicyclic) bond motifs is 1. The fourth-order valence-corrected chi connectivity index (χ4v) is 4.53. The normalized spacial score (nSPS) is 14.1. The largest absolute Gasteiger partial charge is 0.489 e. The third kappa shape index (κ3) is 6.17. The standard InChI is InChI=1S/C27H37N9O3/c1-17(2)39-23-14-21(34(8)12-11-33(6)7)22(36(37)38)13-19(23)31-25-28-16-29-26(32-25)35-15-27(4,5)24-20(35)10-9-18(3)30-24/h9-10,13-14,16-17H,11-12,15H2,1-8H3,(H,28,29,31,32). The zero-order valence-corrected chi connectivity index (χ0v) is 23.9. The Morgan fingerprint density at radius 3 is 2.56 bits per heavy atom. The molecule has 0 atom stereocenters. The monoisotopic (exact) mass is 535 g/mol. The molecular weight excluding hydrogens is 498 g/mol. The van der Waals surface area contributed by atoms with E-state index in [1.807, 2.05) is 68.7 Å². The van der Waals surface area contributed by atoms with Crippen LogP contribution in [0.2, 0.25) is 0 Å². The smallest absolute Gasteiger partial charge is 0.294 e. The summed E-state index contributed by atoms with van der Waals surface area (Å²) in [5, 5.41) is 15.2. The number of ether oxygens (including phenoxy) is 1. The van der Waals surface area contributed by atoms with Crippen LogP contribution in [0.4, 0.5) is 34.6 Å². The van der Waals surface area contributed by atoms with Crippen molar-refractivity contribution in [3.05, 3.63) is 52.1 Å². The minimum Gasteiger partial charge on any atom is -0.489 e. The predicted octanol–water partition coefficient (Wildman–Crippen LogP) is 4.44. The Hall–Kier alpha value is -4.06. The van der Waals surface area contributed by atoms with E-state index in [0.29, 0.717) is 36.2 Å². The van der Waals surface area contributed by atoms with Crippen LogP contribution in [0.15, 0.2) is 30.6 Å². The van der Waals surface area contributed by atoms with Crippen molar-refractivity contribution in [3.8, 4) is 5.75 Å². The zero-order chi connectivity index (χ0) is 28.5. The number of pyridine rings is 1. The van der Waals surface area contributed by atoms with Crippen molar-refractivity contribution in [1.82, 2.24) is 24.8 Å². The third-order valence-corrected chi connectivity index (χ3v) is 6.48. The van der Waals surface area contributed by atoms with Crippen molar-refractivity contribution < 1.29 is 9.66 Å². The topological polar surface area (TPSA) is 126 Å². The lowest BCUT2D eigenvalue weighted by Gasteiger charge is -2.24. The van der Waals surface area contributed by atoms with E-state index in [2.05, 4.69) is 34.1 Å². The van der Waals surface area contributed by atoms with Crippen molar-refractivity contribution in [1.29, 1.82) is 0 Å². The minimum atomic E-state index is -0.386. The summed E-state index contributed by atoms with van der Waals surface area (Å²) in [4.78, 5) is 35.7. The molecular formula is C27H37N9O3. The van der Waals surface area contributed by atoms with Gasteiger partial charge < -0.3 is 24.8 Å². The van der Waals surface area contributed by atoms with E-state index < -0.39 is 0 Å². The van der Waals surface area contributed by atoms with Gasteiger partial charge in [-0.25, -0.2) is 9.97 Å². The Kier molecular flexibility index (Phi) is 7.86. The first-order valence-corrected chi connectivity index (χ1v) is 12.9. The first kappa shape index (κ1) is 28.0. The van der Waals surface area contributed by atoms with Crippen molar-refractivity contribution in [3.63, 3.8) is 0 Å². The summed E-state index contributed by atoms with van der Waals surface area (Å²) in [6, 6.07) is 7.18. The summed E-state index contributed by atoms with van der Waals surface area (Å²) < 4.78 is 6.07. The van der Waals surface area contributed by atoms with Crippen molar-refractivity contribution in [2.24, 2.45) is 0 Å². The van der Waals surface area contributed by atoms with Gasteiger partial charge in [-0.3, -0.25) is 15.1 Å². The predicted molar refractivity (Wildman–Crippen MR) is 153 cm³/mol. The maximum absolute atomic E-state index is 12.1. The second-order valence-corrected chi connectivity index (χ2v) is 11.0. The maximum atomic E-state index is 12.1. The molecule has 0 radical (unpaired) electrons. The molecule has 0 saturated heterocycles. The van der Waals surface area contributed by atoms with E-state index in [4.69, 9.17) is 9.72 Å². The number of nitrogens with one attached hydrogen (secondary N) is 1. The lowest BCUT2D eigenvalue weighted by Crippen LogP contribution is -2.29. The van der Waals surface area contributed by atoms with Crippen LogP contribution < -0.4 is 19.9 Å². The number of likely N-dealkylation sites (N-methyl/N-ethyl adjacent to an activating group) is 2. The molecule has 1 aliphatic rings. The first-order valence-electron chi connectivity index (χ1n) is 12.9.